The van der Waals surface area contributed by atoms with Crippen molar-refractivity contribution < 1.29 is 8.78 Å². The Bertz CT molecular complexity index is 337. The van der Waals surface area contributed by atoms with Crippen molar-refractivity contribution in [1.29, 1.82) is 0 Å². The molecule has 1 nitrogen and oxygen atoms in total. The molecule has 0 radical (unpaired) electrons. The Hall–Kier alpha value is -0.190. The first-order chi connectivity index (χ1) is 6.97. The van der Waals surface area contributed by atoms with Crippen molar-refractivity contribution in [3.63, 3.8) is 0 Å². The molecule has 1 aromatic rings. The minimum Gasteiger partial charge on any atom is -0.324 e. The maximum Gasteiger partial charge on any atom is 0.132 e. The van der Waals surface area contributed by atoms with Crippen molar-refractivity contribution in [2.45, 2.75) is 26.3 Å². The van der Waals surface area contributed by atoms with Crippen LogP contribution in [0.25, 0.3) is 0 Å². The number of halogens is 4. The lowest BCUT2D eigenvalue weighted by atomic mass is 9.93. The summed E-state index contributed by atoms with van der Waals surface area (Å²) in [6.45, 7) is 3.82. The smallest absolute Gasteiger partial charge is 0.132 e. The van der Waals surface area contributed by atoms with Crippen LogP contribution in [0, 0.1) is 17.6 Å². The van der Waals surface area contributed by atoms with Crippen LogP contribution in [-0.4, -0.2) is 0 Å². The molecule has 2 N–H and O–H groups in total. The van der Waals surface area contributed by atoms with Crippen LogP contribution in [0.1, 0.15) is 31.9 Å². The van der Waals surface area contributed by atoms with Gasteiger partial charge in [-0.1, -0.05) is 36.2 Å². The summed E-state index contributed by atoms with van der Waals surface area (Å²) in [5.41, 5.74) is 5.78. The first-order valence-electron chi connectivity index (χ1n) is 4.87. The van der Waals surface area contributed by atoms with E-state index in [1.807, 2.05) is 13.8 Å². The molecule has 0 saturated heterocycles. The zero-order chi connectivity index (χ0) is 11.6. The third-order valence-corrected chi connectivity index (χ3v) is 3.09. The minimum atomic E-state index is -0.594. The molecule has 16 heavy (non-hydrogen) atoms. The van der Waals surface area contributed by atoms with Crippen molar-refractivity contribution in [2.75, 3.05) is 0 Å². The summed E-state index contributed by atoms with van der Waals surface area (Å²) >= 11 is 3.03. The molecule has 0 aliphatic heterocycles. The van der Waals surface area contributed by atoms with Gasteiger partial charge in [0.15, 0.2) is 0 Å². The first kappa shape index (κ1) is 15.8. The Morgan fingerprint density at radius 2 is 1.75 bits per heavy atom. The van der Waals surface area contributed by atoms with E-state index in [-0.39, 0.29) is 23.9 Å². The van der Waals surface area contributed by atoms with Crippen LogP contribution in [0.4, 0.5) is 8.78 Å². The molecule has 0 heterocycles. The lowest BCUT2D eigenvalue weighted by Crippen LogP contribution is -2.21. The summed E-state index contributed by atoms with van der Waals surface area (Å²) in [5, 5.41) is 0. The van der Waals surface area contributed by atoms with Crippen LogP contribution in [0.15, 0.2) is 16.6 Å². The standard InChI is InChI=1S/C11H14BrF2N.ClH/c1-3-6(2)11(15)10-8(13)4-7(12)5-9(10)14;/h4-6,11H,3,15H2,1-2H3;1H/t6?,11-;/m0./s1. The molecule has 92 valence electrons. The van der Waals surface area contributed by atoms with Crippen molar-refractivity contribution in [2.24, 2.45) is 11.7 Å². The Balaban J connectivity index is 0.00000225. The van der Waals surface area contributed by atoms with E-state index >= 15 is 0 Å². The highest BCUT2D eigenvalue weighted by Crippen LogP contribution is 2.28. The number of nitrogens with two attached hydrogens (primary N) is 1. The van der Waals surface area contributed by atoms with Crippen LogP contribution in [0.5, 0.6) is 0 Å². The molecular formula is C11H15BrClF2N. The van der Waals surface area contributed by atoms with Crippen molar-refractivity contribution in [1.82, 2.24) is 0 Å². The van der Waals surface area contributed by atoms with E-state index in [1.54, 1.807) is 0 Å². The van der Waals surface area contributed by atoms with Crippen LogP contribution < -0.4 is 5.73 Å². The van der Waals surface area contributed by atoms with Gasteiger partial charge in [-0.05, 0) is 18.1 Å². The first-order valence-corrected chi connectivity index (χ1v) is 5.66. The molecule has 1 aromatic carbocycles. The summed E-state index contributed by atoms with van der Waals surface area (Å²) < 4.78 is 27.4. The van der Waals surface area contributed by atoms with Gasteiger partial charge in [-0.15, -0.1) is 12.4 Å². The highest BCUT2D eigenvalue weighted by Gasteiger charge is 2.21. The molecule has 1 rings (SSSR count). The van der Waals surface area contributed by atoms with E-state index in [0.717, 1.165) is 6.42 Å². The number of benzene rings is 1. The zero-order valence-corrected chi connectivity index (χ0v) is 11.5. The molecular weight excluding hydrogens is 299 g/mol. The van der Waals surface area contributed by atoms with E-state index in [0.29, 0.717) is 4.47 Å². The normalized spacial score (nSPS) is 14.1. The van der Waals surface area contributed by atoms with E-state index in [2.05, 4.69) is 15.9 Å². The van der Waals surface area contributed by atoms with Crippen molar-refractivity contribution >= 4 is 28.3 Å². The second-order valence-corrected chi connectivity index (χ2v) is 4.61. The fourth-order valence-electron chi connectivity index (χ4n) is 1.41. The SMILES string of the molecule is CCC(C)[C@H](N)c1c(F)cc(Br)cc1F.Cl. The van der Waals surface area contributed by atoms with Crippen LogP contribution >= 0.6 is 28.3 Å². The van der Waals surface area contributed by atoms with E-state index in [9.17, 15) is 8.78 Å². The summed E-state index contributed by atoms with van der Waals surface area (Å²) in [6.07, 6.45) is 0.788. The largest absolute Gasteiger partial charge is 0.324 e. The molecule has 2 atom stereocenters. The fourth-order valence-corrected chi connectivity index (χ4v) is 1.81. The molecule has 0 aliphatic rings. The van der Waals surface area contributed by atoms with Gasteiger partial charge in [-0.3, -0.25) is 0 Å². The third-order valence-electron chi connectivity index (χ3n) is 2.63. The Kier molecular flexibility index (Phi) is 6.44. The van der Waals surface area contributed by atoms with Gasteiger partial charge in [0.2, 0.25) is 0 Å². The molecule has 0 spiro atoms. The van der Waals surface area contributed by atoms with Gasteiger partial charge in [-0.2, -0.15) is 0 Å². The quantitative estimate of drug-likeness (QED) is 0.889. The van der Waals surface area contributed by atoms with Gasteiger partial charge >= 0.3 is 0 Å². The molecule has 0 fully saturated rings. The van der Waals surface area contributed by atoms with Gasteiger partial charge in [0.1, 0.15) is 11.6 Å². The second-order valence-electron chi connectivity index (χ2n) is 3.69. The van der Waals surface area contributed by atoms with Gasteiger partial charge < -0.3 is 5.73 Å². The average molecular weight is 315 g/mol. The van der Waals surface area contributed by atoms with Crippen LogP contribution in [-0.2, 0) is 0 Å². The maximum atomic E-state index is 13.5. The predicted octanol–water partition coefficient (Wildman–Crippen LogP) is 4.20. The Morgan fingerprint density at radius 1 is 1.31 bits per heavy atom. The molecule has 0 bridgehead atoms. The average Bonchev–Trinajstić information content (AvgIpc) is 2.14. The van der Waals surface area contributed by atoms with Crippen molar-refractivity contribution in [3.05, 3.63) is 33.8 Å². The lowest BCUT2D eigenvalue weighted by molar-refractivity contribution is 0.419. The highest BCUT2D eigenvalue weighted by molar-refractivity contribution is 9.10. The zero-order valence-electron chi connectivity index (χ0n) is 9.14. The highest BCUT2D eigenvalue weighted by atomic mass is 79.9. The van der Waals surface area contributed by atoms with Crippen LogP contribution in [0.2, 0.25) is 0 Å². The number of rotatable bonds is 3. The van der Waals surface area contributed by atoms with Gasteiger partial charge in [-0.25, -0.2) is 8.78 Å². The maximum absolute atomic E-state index is 13.5. The van der Waals surface area contributed by atoms with E-state index in [1.165, 1.54) is 12.1 Å². The lowest BCUT2D eigenvalue weighted by Gasteiger charge is -2.20. The topological polar surface area (TPSA) is 26.0 Å². The van der Waals surface area contributed by atoms with E-state index < -0.39 is 17.7 Å². The predicted molar refractivity (Wildman–Crippen MR) is 67.7 cm³/mol. The monoisotopic (exact) mass is 313 g/mol. The summed E-state index contributed by atoms with van der Waals surface area (Å²) in [7, 11) is 0. The van der Waals surface area contributed by atoms with Crippen LogP contribution in [0.3, 0.4) is 0 Å². The Labute approximate surface area is 109 Å². The third kappa shape index (κ3) is 3.40. The minimum absolute atomic E-state index is 0. The molecule has 0 aromatic heterocycles. The molecule has 0 amide bonds. The molecule has 1 unspecified atom stereocenters. The van der Waals surface area contributed by atoms with Gasteiger partial charge in [0, 0.05) is 16.1 Å². The summed E-state index contributed by atoms with van der Waals surface area (Å²) in [6, 6.07) is 1.88. The Morgan fingerprint density at radius 3 is 2.12 bits per heavy atom. The number of hydrogen-bond acceptors (Lipinski definition) is 1. The fraction of sp³-hybridized carbons (Fsp3) is 0.455. The van der Waals surface area contributed by atoms with Crippen molar-refractivity contribution in [3.8, 4) is 0 Å². The van der Waals surface area contributed by atoms with Gasteiger partial charge in [0.05, 0.1) is 0 Å². The van der Waals surface area contributed by atoms with E-state index in [4.69, 9.17) is 5.73 Å². The molecule has 0 saturated carbocycles. The summed E-state index contributed by atoms with van der Waals surface area (Å²) in [5.74, 6) is -1.13. The second kappa shape index (κ2) is 6.52. The van der Waals surface area contributed by atoms with Gasteiger partial charge in [0.25, 0.3) is 0 Å². The number of hydrogen-bond donors (Lipinski definition) is 1. The molecule has 5 heteroatoms. The summed E-state index contributed by atoms with van der Waals surface area (Å²) in [4.78, 5) is 0. The molecule has 0 aliphatic carbocycles.